The Balaban J connectivity index is 0.00000280. The van der Waals surface area contributed by atoms with Gasteiger partial charge in [0.15, 0.2) is 5.69 Å². The fraction of sp³-hybridized carbons (Fsp3) is 0.471. The Morgan fingerprint density at radius 3 is 2.57 bits per heavy atom. The van der Waals surface area contributed by atoms with E-state index in [0.29, 0.717) is 18.7 Å². The van der Waals surface area contributed by atoms with Crippen LogP contribution in [0, 0.1) is 0 Å². The average Bonchev–Trinajstić information content (AvgIpc) is 3.18. The number of nitrogens with zero attached hydrogens (tertiary/aromatic N) is 3. The van der Waals surface area contributed by atoms with Crippen molar-refractivity contribution < 1.29 is 13.2 Å². The maximum atomic E-state index is 12.4. The van der Waals surface area contributed by atoms with E-state index >= 15 is 0 Å². The van der Waals surface area contributed by atoms with Gasteiger partial charge in [0.1, 0.15) is 0 Å². The first-order valence-corrected chi connectivity index (χ1v) is 10.5. The summed E-state index contributed by atoms with van der Waals surface area (Å²) in [5.41, 5.74) is 0.723. The van der Waals surface area contributed by atoms with Crippen LogP contribution in [0.5, 0.6) is 0 Å². The van der Waals surface area contributed by atoms with Crippen LogP contribution >= 0.6 is 12.4 Å². The van der Waals surface area contributed by atoms with Gasteiger partial charge in [-0.1, -0.05) is 12.1 Å². The number of anilines is 1. The Morgan fingerprint density at radius 1 is 1.25 bits per heavy atom. The third kappa shape index (κ3) is 5.51. The normalized spacial score (nSPS) is 15.0. The number of rotatable bonds is 7. The summed E-state index contributed by atoms with van der Waals surface area (Å²) in [6, 6.07) is 6.27. The van der Waals surface area contributed by atoms with Crippen molar-refractivity contribution in [2.75, 3.05) is 25.0 Å². The maximum absolute atomic E-state index is 12.4. The molecule has 11 heteroatoms. The Hall–Kier alpha value is -2.01. The molecule has 1 aliphatic heterocycles. The summed E-state index contributed by atoms with van der Waals surface area (Å²) in [6.45, 7) is 4.12. The molecular weight excluding hydrogens is 404 g/mol. The molecule has 1 aromatic heterocycles. The number of aromatic nitrogens is 3. The summed E-state index contributed by atoms with van der Waals surface area (Å²) < 4.78 is 28.4. The molecular formula is C17H25ClN6O3S. The lowest BCUT2D eigenvalue weighted by molar-refractivity contribution is 0.102. The van der Waals surface area contributed by atoms with Gasteiger partial charge in [0.2, 0.25) is 10.0 Å². The monoisotopic (exact) mass is 428 g/mol. The van der Waals surface area contributed by atoms with Gasteiger partial charge in [-0.2, -0.15) is 0 Å². The van der Waals surface area contributed by atoms with Crippen LogP contribution in [0.2, 0.25) is 0 Å². The molecule has 1 amide bonds. The molecule has 0 atom stereocenters. The number of carbonyl (C=O) groups is 1. The lowest BCUT2D eigenvalue weighted by Crippen LogP contribution is -2.29. The highest BCUT2D eigenvalue weighted by atomic mass is 35.5. The second-order valence-electron chi connectivity index (χ2n) is 6.44. The predicted molar refractivity (Wildman–Crippen MR) is 108 cm³/mol. The number of benzene rings is 1. The third-order valence-corrected chi connectivity index (χ3v) is 5.87. The number of sulfonamides is 1. The van der Waals surface area contributed by atoms with Crippen LogP contribution in [-0.2, 0) is 10.0 Å². The molecule has 0 unspecified atom stereocenters. The van der Waals surface area contributed by atoms with Gasteiger partial charge in [0, 0.05) is 12.2 Å². The first kappa shape index (κ1) is 22.3. The smallest absolute Gasteiger partial charge is 0.277 e. The van der Waals surface area contributed by atoms with Crippen molar-refractivity contribution >= 4 is 34.0 Å². The number of hydrogen-bond donors (Lipinski definition) is 3. The number of hydrogen-bond acceptors (Lipinski definition) is 6. The van der Waals surface area contributed by atoms with E-state index in [4.69, 9.17) is 0 Å². The predicted octanol–water partition coefficient (Wildman–Crippen LogP) is 1.56. The lowest BCUT2D eigenvalue weighted by atomic mass is 10.1. The first-order chi connectivity index (χ1) is 13.0. The number of nitrogens with one attached hydrogen (secondary N) is 3. The topological polar surface area (TPSA) is 118 Å². The van der Waals surface area contributed by atoms with E-state index in [1.807, 2.05) is 6.92 Å². The van der Waals surface area contributed by atoms with Crippen LogP contribution in [0.1, 0.15) is 42.7 Å². The zero-order chi connectivity index (χ0) is 19.3. The van der Waals surface area contributed by atoms with Crippen molar-refractivity contribution in [1.82, 2.24) is 25.0 Å². The van der Waals surface area contributed by atoms with Crippen molar-refractivity contribution in [2.45, 2.75) is 37.1 Å². The largest absolute Gasteiger partial charge is 0.321 e. The summed E-state index contributed by atoms with van der Waals surface area (Å²) in [5, 5.41) is 14.0. The van der Waals surface area contributed by atoms with Gasteiger partial charge in [-0.3, -0.25) is 4.79 Å². The molecule has 3 N–H and O–H groups in total. The molecule has 3 rings (SSSR count). The molecule has 0 saturated carbocycles. The molecule has 1 aliphatic rings. The van der Waals surface area contributed by atoms with Crippen LogP contribution in [0.15, 0.2) is 35.4 Å². The van der Waals surface area contributed by atoms with Crippen molar-refractivity contribution in [3.8, 4) is 0 Å². The quantitative estimate of drug-likeness (QED) is 0.616. The van der Waals surface area contributed by atoms with Gasteiger partial charge >= 0.3 is 0 Å². The summed E-state index contributed by atoms with van der Waals surface area (Å²) in [5.74, 6) is -0.380. The molecule has 28 heavy (non-hydrogen) atoms. The molecule has 2 heterocycles. The van der Waals surface area contributed by atoms with Crippen LogP contribution in [0.3, 0.4) is 0 Å². The fourth-order valence-electron chi connectivity index (χ4n) is 2.86. The van der Waals surface area contributed by atoms with Crippen molar-refractivity contribution in [2.24, 2.45) is 0 Å². The molecule has 0 bridgehead atoms. The van der Waals surface area contributed by atoms with Crippen LogP contribution in [0.25, 0.3) is 0 Å². The molecule has 1 aromatic carbocycles. The maximum Gasteiger partial charge on any atom is 0.277 e. The van der Waals surface area contributed by atoms with E-state index in [1.165, 1.54) is 12.1 Å². The minimum Gasteiger partial charge on any atom is -0.321 e. The molecule has 9 nitrogen and oxygen atoms in total. The van der Waals surface area contributed by atoms with Crippen LogP contribution in [-0.4, -0.2) is 49.0 Å². The van der Waals surface area contributed by atoms with Crippen LogP contribution in [0.4, 0.5) is 5.69 Å². The van der Waals surface area contributed by atoms with E-state index in [0.717, 1.165) is 25.9 Å². The van der Waals surface area contributed by atoms with Gasteiger partial charge in [0.05, 0.1) is 17.1 Å². The zero-order valence-corrected chi connectivity index (χ0v) is 17.2. The molecule has 2 aromatic rings. The van der Waals surface area contributed by atoms with E-state index in [-0.39, 0.29) is 34.9 Å². The highest BCUT2D eigenvalue weighted by Gasteiger charge is 2.19. The molecule has 154 valence electrons. The van der Waals surface area contributed by atoms with Crippen molar-refractivity contribution in [3.05, 3.63) is 36.2 Å². The Kier molecular flexibility index (Phi) is 7.93. The summed E-state index contributed by atoms with van der Waals surface area (Å²) in [6.07, 6.45) is 4.27. The highest BCUT2D eigenvalue weighted by molar-refractivity contribution is 7.89. The van der Waals surface area contributed by atoms with Crippen molar-refractivity contribution in [1.29, 1.82) is 0 Å². The number of amides is 1. The van der Waals surface area contributed by atoms with Gasteiger partial charge in [-0.15, -0.1) is 17.5 Å². The number of piperidine rings is 1. The van der Waals surface area contributed by atoms with Crippen LogP contribution < -0.4 is 15.4 Å². The number of carbonyl (C=O) groups excluding carboxylic acids is 1. The Labute approximate surface area is 170 Å². The molecule has 0 radical (unpaired) electrons. The van der Waals surface area contributed by atoms with E-state index in [9.17, 15) is 13.2 Å². The summed E-state index contributed by atoms with van der Waals surface area (Å²) >= 11 is 0. The lowest BCUT2D eigenvalue weighted by Gasteiger charge is -2.22. The molecule has 0 spiro atoms. The summed E-state index contributed by atoms with van der Waals surface area (Å²) in [7, 11) is -3.52. The average molecular weight is 429 g/mol. The van der Waals surface area contributed by atoms with Gasteiger partial charge < -0.3 is 10.6 Å². The SMILES string of the molecule is CCCNS(=O)(=O)c1ccc(NC(=O)c2cn(C3CCNCC3)nn2)cc1.Cl. The second kappa shape index (κ2) is 9.97. The van der Waals surface area contributed by atoms with Gasteiger partial charge in [0.25, 0.3) is 5.91 Å². The minimum absolute atomic E-state index is 0. The Bertz CT molecular complexity index is 879. The Morgan fingerprint density at radius 2 is 1.93 bits per heavy atom. The van der Waals surface area contributed by atoms with E-state index in [1.54, 1.807) is 23.0 Å². The zero-order valence-electron chi connectivity index (χ0n) is 15.6. The molecule has 1 saturated heterocycles. The van der Waals surface area contributed by atoms with E-state index in [2.05, 4.69) is 25.7 Å². The second-order valence-corrected chi connectivity index (χ2v) is 8.21. The first-order valence-electron chi connectivity index (χ1n) is 9.03. The summed E-state index contributed by atoms with van der Waals surface area (Å²) in [4.78, 5) is 12.5. The van der Waals surface area contributed by atoms with Gasteiger partial charge in [-0.25, -0.2) is 17.8 Å². The number of halogens is 1. The fourth-order valence-corrected chi connectivity index (χ4v) is 4.00. The highest BCUT2D eigenvalue weighted by Crippen LogP contribution is 2.18. The molecule has 1 fully saturated rings. The third-order valence-electron chi connectivity index (χ3n) is 4.39. The van der Waals surface area contributed by atoms with Crippen molar-refractivity contribution in [3.63, 3.8) is 0 Å². The minimum atomic E-state index is -3.52. The molecule has 0 aliphatic carbocycles. The van der Waals surface area contributed by atoms with E-state index < -0.39 is 10.0 Å². The van der Waals surface area contributed by atoms with Gasteiger partial charge in [-0.05, 0) is 56.6 Å². The standard InChI is InChI=1S/C17H24N6O3S.ClH/c1-2-9-19-27(25,26)15-5-3-13(4-6-15)20-17(24)16-12-23(22-21-16)14-7-10-18-11-8-14;/h3-6,12,14,18-19H,2,7-11H2,1H3,(H,20,24);1H.